The van der Waals surface area contributed by atoms with E-state index in [9.17, 15) is 4.79 Å². The third-order valence-corrected chi connectivity index (χ3v) is 5.81. The van der Waals surface area contributed by atoms with E-state index in [1.807, 2.05) is 0 Å². The minimum absolute atomic E-state index is 0.263. The van der Waals surface area contributed by atoms with Gasteiger partial charge in [0.15, 0.2) is 0 Å². The summed E-state index contributed by atoms with van der Waals surface area (Å²) in [7, 11) is 0. The van der Waals surface area contributed by atoms with Gasteiger partial charge in [-0.05, 0) is 56.2 Å². The standard InChI is InChI=1S/C21H32N2O/c1-17-7-6-12-23(15-17)21(24)20-10-13-22(14-11-20)16-18(2)19-8-4-3-5-9-19/h3-5,8-9,17-18,20H,6-7,10-16H2,1-2H3/t17-,18-/m1/s1. The average molecular weight is 329 g/mol. The van der Waals surface area contributed by atoms with Gasteiger partial charge in [-0.25, -0.2) is 0 Å². The summed E-state index contributed by atoms with van der Waals surface area (Å²) in [5.74, 6) is 1.92. The summed E-state index contributed by atoms with van der Waals surface area (Å²) in [6.45, 7) is 9.77. The Kier molecular flexibility index (Phi) is 5.94. The number of carbonyl (C=O) groups excluding carboxylic acids is 1. The van der Waals surface area contributed by atoms with Crippen molar-refractivity contribution in [2.75, 3.05) is 32.7 Å². The molecule has 3 heteroatoms. The fraction of sp³-hybridized carbons (Fsp3) is 0.667. The van der Waals surface area contributed by atoms with Crippen LogP contribution in [0.1, 0.15) is 51.0 Å². The molecule has 0 aliphatic carbocycles. The Morgan fingerprint density at radius 1 is 1.12 bits per heavy atom. The van der Waals surface area contributed by atoms with E-state index in [0.717, 1.165) is 45.6 Å². The fourth-order valence-corrected chi connectivity index (χ4v) is 4.28. The normalized spacial score (nSPS) is 24.8. The van der Waals surface area contributed by atoms with Gasteiger partial charge in [0.2, 0.25) is 5.91 Å². The highest BCUT2D eigenvalue weighted by molar-refractivity contribution is 5.79. The zero-order valence-corrected chi connectivity index (χ0v) is 15.3. The summed E-state index contributed by atoms with van der Waals surface area (Å²) in [6.07, 6.45) is 4.52. The number of hydrogen-bond donors (Lipinski definition) is 0. The minimum Gasteiger partial charge on any atom is -0.342 e. The fourth-order valence-electron chi connectivity index (χ4n) is 4.28. The van der Waals surface area contributed by atoms with Crippen molar-refractivity contribution in [1.82, 2.24) is 9.80 Å². The Hall–Kier alpha value is -1.35. The highest BCUT2D eigenvalue weighted by atomic mass is 16.2. The third kappa shape index (κ3) is 4.38. The Morgan fingerprint density at radius 2 is 1.83 bits per heavy atom. The molecule has 0 aromatic heterocycles. The molecule has 24 heavy (non-hydrogen) atoms. The Morgan fingerprint density at radius 3 is 2.50 bits per heavy atom. The molecule has 0 bridgehead atoms. The van der Waals surface area contributed by atoms with Crippen molar-refractivity contribution >= 4 is 5.91 Å². The summed E-state index contributed by atoms with van der Waals surface area (Å²) < 4.78 is 0. The van der Waals surface area contributed by atoms with E-state index in [4.69, 9.17) is 0 Å². The Bertz CT molecular complexity index is 522. The molecule has 2 saturated heterocycles. The van der Waals surface area contributed by atoms with Crippen LogP contribution in [0.15, 0.2) is 30.3 Å². The highest BCUT2D eigenvalue weighted by Crippen LogP contribution is 2.25. The van der Waals surface area contributed by atoms with Gasteiger partial charge in [0.05, 0.1) is 0 Å². The molecule has 0 unspecified atom stereocenters. The van der Waals surface area contributed by atoms with Gasteiger partial charge in [-0.1, -0.05) is 44.2 Å². The molecule has 2 fully saturated rings. The molecule has 2 atom stereocenters. The molecule has 0 saturated carbocycles. The molecular weight excluding hydrogens is 296 g/mol. The van der Waals surface area contributed by atoms with Crippen molar-refractivity contribution in [3.63, 3.8) is 0 Å². The second-order valence-electron chi connectivity index (χ2n) is 7.92. The summed E-state index contributed by atoms with van der Waals surface area (Å²) in [5, 5.41) is 0. The van der Waals surface area contributed by atoms with Crippen LogP contribution in [-0.4, -0.2) is 48.4 Å². The monoisotopic (exact) mass is 328 g/mol. The summed E-state index contributed by atoms with van der Waals surface area (Å²) in [5.41, 5.74) is 1.41. The number of nitrogens with zero attached hydrogens (tertiary/aromatic N) is 2. The Labute approximate surface area is 147 Å². The SMILES string of the molecule is C[C@@H]1CCCN(C(=O)C2CCN(C[C@@H](C)c3ccccc3)CC2)C1. The molecule has 1 amide bonds. The van der Waals surface area contributed by atoms with Crippen LogP contribution < -0.4 is 0 Å². The van der Waals surface area contributed by atoms with Crippen LogP contribution >= 0.6 is 0 Å². The van der Waals surface area contributed by atoms with Gasteiger partial charge < -0.3 is 9.80 Å². The van der Waals surface area contributed by atoms with Crippen molar-refractivity contribution in [1.29, 1.82) is 0 Å². The first kappa shape index (κ1) is 17.5. The van der Waals surface area contributed by atoms with Crippen molar-refractivity contribution in [3.8, 4) is 0 Å². The number of hydrogen-bond acceptors (Lipinski definition) is 2. The lowest BCUT2D eigenvalue weighted by Gasteiger charge is -2.37. The van der Waals surface area contributed by atoms with Crippen LogP contribution in [0, 0.1) is 11.8 Å². The number of likely N-dealkylation sites (tertiary alicyclic amines) is 2. The largest absolute Gasteiger partial charge is 0.342 e. The molecule has 2 aliphatic heterocycles. The molecule has 0 radical (unpaired) electrons. The molecular formula is C21H32N2O. The lowest BCUT2D eigenvalue weighted by atomic mass is 9.92. The first-order valence-corrected chi connectivity index (χ1v) is 9.69. The van der Waals surface area contributed by atoms with Gasteiger partial charge in [-0.2, -0.15) is 0 Å². The molecule has 1 aromatic rings. The van der Waals surface area contributed by atoms with Crippen LogP contribution in [0.3, 0.4) is 0 Å². The average Bonchev–Trinajstić information content (AvgIpc) is 2.62. The maximum atomic E-state index is 12.8. The maximum absolute atomic E-state index is 12.8. The number of carbonyl (C=O) groups is 1. The van der Waals surface area contributed by atoms with E-state index in [1.165, 1.54) is 18.4 Å². The quantitative estimate of drug-likeness (QED) is 0.840. The summed E-state index contributed by atoms with van der Waals surface area (Å²) in [6, 6.07) is 10.8. The number of benzene rings is 1. The van der Waals surface area contributed by atoms with Crippen LogP contribution in [0.4, 0.5) is 0 Å². The van der Waals surface area contributed by atoms with Crippen LogP contribution in [-0.2, 0) is 4.79 Å². The molecule has 0 N–H and O–H groups in total. The van der Waals surface area contributed by atoms with Crippen LogP contribution in [0.2, 0.25) is 0 Å². The molecule has 1 aromatic carbocycles. The predicted molar refractivity (Wildman–Crippen MR) is 99.0 cm³/mol. The molecule has 3 rings (SSSR count). The maximum Gasteiger partial charge on any atom is 0.225 e. The first-order chi connectivity index (χ1) is 11.6. The van der Waals surface area contributed by atoms with Crippen LogP contribution in [0.25, 0.3) is 0 Å². The number of amides is 1. The van der Waals surface area contributed by atoms with Gasteiger partial charge in [0.1, 0.15) is 0 Å². The zero-order chi connectivity index (χ0) is 16.9. The smallest absolute Gasteiger partial charge is 0.225 e. The van der Waals surface area contributed by atoms with E-state index in [-0.39, 0.29) is 5.92 Å². The van der Waals surface area contributed by atoms with E-state index >= 15 is 0 Å². The lowest BCUT2D eigenvalue weighted by molar-refractivity contribution is -0.138. The third-order valence-electron chi connectivity index (χ3n) is 5.81. The molecule has 132 valence electrons. The van der Waals surface area contributed by atoms with E-state index in [1.54, 1.807) is 0 Å². The molecule has 0 spiro atoms. The van der Waals surface area contributed by atoms with Crippen molar-refractivity contribution in [2.24, 2.45) is 11.8 Å². The topological polar surface area (TPSA) is 23.6 Å². The highest BCUT2D eigenvalue weighted by Gasteiger charge is 2.30. The van der Waals surface area contributed by atoms with E-state index in [0.29, 0.717) is 17.7 Å². The summed E-state index contributed by atoms with van der Waals surface area (Å²) in [4.78, 5) is 17.4. The second kappa shape index (κ2) is 8.15. The van der Waals surface area contributed by atoms with Crippen molar-refractivity contribution < 1.29 is 4.79 Å². The predicted octanol–water partition coefficient (Wildman–Crippen LogP) is 3.76. The second-order valence-corrected chi connectivity index (χ2v) is 7.92. The zero-order valence-electron chi connectivity index (χ0n) is 15.3. The van der Waals surface area contributed by atoms with Gasteiger partial charge >= 0.3 is 0 Å². The van der Waals surface area contributed by atoms with Crippen molar-refractivity contribution in [3.05, 3.63) is 35.9 Å². The lowest BCUT2D eigenvalue weighted by Crippen LogP contribution is -2.46. The van der Waals surface area contributed by atoms with E-state index < -0.39 is 0 Å². The number of piperidine rings is 2. The molecule has 3 nitrogen and oxygen atoms in total. The number of rotatable bonds is 4. The van der Waals surface area contributed by atoms with Gasteiger partial charge in [-0.3, -0.25) is 4.79 Å². The van der Waals surface area contributed by atoms with E-state index in [2.05, 4.69) is 54.0 Å². The van der Waals surface area contributed by atoms with Gasteiger partial charge in [-0.15, -0.1) is 0 Å². The summed E-state index contributed by atoms with van der Waals surface area (Å²) >= 11 is 0. The minimum atomic E-state index is 0.263. The van der Waals surface area contributed by atoms with Crippen LogP contribution in [0.5, 0.6) is 0 Å². The Balaban J connectivity index is 1.46. The molecule has 2 aliphatic rings. The first-order valence-electron chi connectivity index (χ1n) is 9.69. The van der Waals surface area contributed by atoms with Gasteiger partial charge in [0.25, 0.3) is 0 Å². The molecule has 2 heterocycles. The van der Waals surface area contributed by atoms with Crippen molar-refractivity contribution in [2.45, 2.75) is 45.4 Å². The van der Waals surface area contributed by atoms with Gasteiger partial charge in [0, 0.05) is 25.6 Å².